The van der Waals surface area contributed by atoms with E-state index in [4.69, 9.17) is 0 Å². The van der Waals surface area contributed by atoms with E-state index in [-0.39, 0.29) is 24.3 Å². The number of carbonyl (C=O) groups excluding carboxylic acids is 2. The first-order valence-electron chi connectivity index (χ1n) is 11.3. The summed E-state index contributed by atoms with van der Waals surface area (Å²) in [6.07, 6.45) is 1.42. The van der Waals surface area contributed by atoms with Crippen molar-refractivity contribution < 1.29 is 9.59 Å². The molecular weight excluding hydrogens is 452 g/mol. The van der Waals surface area contributed by atoms with Crippen molar-refractivity contribution in [2.75, 3.05) is 13.1 Å². The van der Waals surface area contributed by atoms with E-state index in [1.165, 1.54) is 0 Å². The largest absolute Gasteiger partial charge is 0.354 e. The predicted molar refractivity (Wildman–Crippen MR) is 132 cm³/mol. The van der Waals surface area contributed by atoms with Crippen molar-refractivity contribution in [2.24, 2.45) is 11.8 Å². The van der Waals surface area contributed by atoms with Crippen LogP contribution >= 0.6 is 22.7 Å². The Kier molecular flexibility index (Phi) is 5.82. The van der Waals surface area contributed by atoms with Gasteiger partial charge < -0.3 is 10.2 Å². The summed E-state index contributed by atoms with van der Waals surface area (Å²) in [5.74, 6) is 0.958. The van der Waals surface area contributed by atoms with E-state index in [0.29, 0.717) is 24.1 Å². The number of carbonyl (C=O) groups is 2. The molecular formula is C25H28N4O2S2. The second-order valence-corrected chi connectivity index (χ2v) is 11.8. The molecule has 1 aromatic carbocycles. The van der Waals surface area contributed by atoms with Gasteiger partial charge >= 0.3 is 0 Å². The Morgan fingerprint density at radius 2 is 1.91 bits per heavy atom. The molecule has 0 bridgehead atoms. The van der Waals surface area contributed by atoms with Crippen molar-refractivity contribution in [1.29, 1.82) is 0 Å². The van der Waals surface area contributed by atoms with Crippen LogP contribution in [-0.2, 0) is 11.2 Å². The van der Waals surface area contributed by atoms with Gasteiger partial charge in [-0.1, -0.05) is 29.8 Å². The van der Waals surface area contributed by atoms with Gasteiger partial charge in [-0.15, -0.1) is 22.7 Å². The number of fused-ring (bicyclic) bond motifs is 1. The van der Waals surface area contributed by atoms with E-state index in [2.05, 4.69) is 34.3 Å². The summed E-state index contributed by atoms with van der Waals surface area (Å²) in [7, 11) is 0. The number of hydrogen-bond donors (Lipinski definition) is 1. The lowest BCUT2D eigenvalue weighted by Gasteiger charge is -2.27. The molecule has 2 aromatic heterocycles. The van der Waals surface area contributed by atoms with Crippen LogP contribution in [0.4, 0.5) is 0 Å². The number of aromatic nitrogens is 2. The Morgan fingerprint density at radius 1 is 1.12 bits per heavy atom. The monoisotopic (exact) mass is 480 g/mol. The standard InChI is InChI=1S/C25H28N4O2S2/c1-13-6-5-7-17(8-13)24-23(28-16(4)33-24)25(31)29-12-18-9-19(18)21(29)11-26-22(30)10-20-14(2)32-15(3)27-20/h5-8,18-19,21H,9-12H2,1-4H3,(H,26,30)/t18-,19-,21-/m1/s1. The van der Waals surface area contributed by atoms with Gasteiger partial charge in [0.2, 0.25) is 5.91 Å². The highest BCUT2D eigenvalue weighted by Gasteiger charge is 2.54. The number of hydrogen-bond acceptors (Lipinski definition) is 6. The summed E-state index contributed by atoms with van der Waals surface area (Å²) in [6, 6.07) is 8.24. The van der Waals surface area contributed by atoms with Crippen LogP contribution in [0.2, 0.25) is 0 Å². The van der Waals surface area contributed by atoms with E-state index < -0.39 is 0 Å². The number of nitrogens with one attached hydrogen (secondary N) is 1. The molecule has 1 aliphatic heterocycles. The van der Waals surface area contributed by atoms with Gasteiger partial charge in [-0.05, 0) is 51.5 Å². The second-order valence-electron chi connectivity index (χ2n) is 9.18. The van der Waals surface area contributed by atoms with Crippen molar-refractivity contribution in [2.45, 2.75) is 46.6 Å². The van der Waals surface area contributed by atoms with Crippen LogP contribution in [-0.4, -0.2) is 45.8 Å². The van der Waals surface area contributed by atoms with Crippen molar-refractivity contribution in [3.63, 3.8) is 0 Å². The molecule has 2 fully saturated rings. The van der Waals surface area contributed by atoms with Crippen molar-refractivity contribution >= 4 is 34.5 Å². The topological polar surface area (TPSA) is 75.2 Å². The lowest BCUT2D eigenvalue weighted by Crippen LogP contribution is -2.46. The van der Waals surface area contributed by atoms with Crippen LogP contribution in [0.5, 0.6) is 0 Å². The summed E-state index contributed by atoms with van der Waals surface area (Å²) in [5.41, 5.74) is 3.58. The molecule has 1 N–H and O–H groups in total. The minimum atomic E-state index is -0.0372. The van der Waals surface area contributed by atoms with E-state index >= 15 is 0 Å². The maximum absolute atomic E-state index is 13.6. The first kappa shape index (κ1) is 22.2. The SMILES string of the molecule is Cc1cccc(-c2sc(C)nc2C(=O)N2C[C@H]3C[C@H]3[C@H]2CNC(=O)Cc2nc(C)sc2C)c1. The van der Waals surface area contributed by atoms with E-state index in [1.807, 2.05) is 37.8 Å². The Labute approximate surface area is 202 Å². The molecule has 33 heavy (non-hydrogen) atoms. The van der Waals surface area contributed by atoms with Crippen molar-refractivity contribution in [1.82, 2.24) is 20.2 Å². The first-order chi connectivity index (χ1) is 15.8. The zero-order valence-electron chi connectivity index (χ0n) is 19.3. The smallest absolute Gasteiger partial charge is 0.274 e. The molecule has 0 radical (unpaired) electrons. The third-order valence-corrected chi connectivity index (χ3v) is 8.57. The number of benzene rings is 1. The third-order valence-electron chi connectivity index (χ3n) is 6.62. The van der Waals surface area contributed by atoms with Crippen LogP contribution in [0.1, 0.15) is 43.1 Å². The quantitative estimate of drug-likeness (QED) is 0.570. The minimum Gasteiger partial charge on any atom is -0.354 e. The lowest BCUT2D eigenvalue weighted by atomic mass is 10.1. The first-order valence-corrected chi connectivity index (χ1v) is 13.0. The van der Waals surface area contributed by atoms with Gasteiger partial charge in [0.1, 0.15) is 5.69 Å². The molecule has 1 saturated heterocycles. The summed E-state index contributed by atoms with van der Waals surface area (Å²) in [4.78, 5) is 39.3. The molecule has 3 aromatic rings. The molecule has 1 aliphatic carbocycles. The number of nitrogens with zero attached hydrogens (tertiary/aromatic N) is 3. The Bertz CT molecular complexity index is 1230. The summed E-state index contributed by atoms with van der Waals surface area (Å²) < 4.78 is 0. The molecule has 6 nitrogen and oxygen atoms in total. The number of amides is 2. The molecule has 172 valence electrons. The Morgan fingerprint density at radius 3 is 2.64 bits per heavy atom. The van der Waals surface area contributed by atoms with Gasteiger partial charge in [0, 0.05) is 18.0 Å². The highest BCUT2D eigenvalue weighted by atomic mass is 32.1. The van der Waals surface area contributed by atoms with Gasteiger partial charge in [-0.25, -0.2) is 9.97 Å². The van der Waals surface area contributed by atoms with Gasteiger partial charge in [0.25, 0.3) is 5.91 Å². The van der Waals surface area contributed by atoms with Gasteiger partial charge in [-0.3, -0.25) is 9.59 Å². The summed E-state index contributed by atoms with van der Waals surface area (Å²) in [6.45, 7) is 9.19. The molecule has 5 rings (SSSR count). The number of likely N-dealkylation sites (tertiary alicyclic amines) is 1. The van der Waals surface area contributed by atoms with E-state index in [1.54, 1.807) is 22.7 Å². The maximum atomic E-state index is 13.6. The highest BCUT2D eigenvalue weighted by Crippen LogP contribution is 2.50. The molecule has 1 saturated carbocycles. The molecule has 0 unspecified atom stereocenters. The average Bonchev–Trinajstić information content (AvgIpc) is 3.10. The van der Waals surface area contributed by atoms with Crippen LogP contribution in [0.15, 0.2) is 24.3 Å². The molecule has 3 heterocycles. The van der Waals surface area contributed by atoms with Crippen LogP contribution < -0.4 is 5.32 Å². The third kappa shape index (κ3) is 4.46. The lowest BCUT2D eigenvalue weighted by molar-refractivity contribution is -0.120. The normalized spacial score (nSPS) is 21.2. The summed E-state index contributed by atoms with van der Waals surface area (Å²) in [5, 5.41) is 4.94. The predicted octanol–water partition coefficient (Wildman–Crippen LogP) is 4.32. The van der Waals surface area contributed by atoms with Crippen molar-refractivity contribution in [3.8, 4) is 10.4 Å². The Balaban J connectivity index is 1.31. The zero-order chi connectivity index (χ0) is 23.3. The van der Waals surface area contributed by atoms with E-state index in [0.717, 1.165) is 49.6 Å². The fourth-order valence-electron chi connectivity index (χ4n) is 4.93. The highest BCUT2D eigenvalue weighted by molar-refractivity contribution is 7.15. The van der Waals surface area contributed by atoms with Gasteiger partial charge in [0.05, 0.1) is 33.0 Å². The van der Waals surface area contributed by atoms with Crippen LogP contribution in [0, 0.1) is 39.5 Å². The fraction of sp³-hybridized carbons (Fsp3) is 0.440. The van der Waals surface area contributed by atoms with Gasteiger partial charge in [-0.2, -0.15) is 0 Å². The van der Waals surface area contributed by atoms with Crippen LogP contribution in [0.25, 0.3) is 10.4 Å². The molecule has 2 aliphatic rings. The van der Waals surface area contributed by atoms with Crippen molar-refractivity contribution in [3.05, 3.63) is 56.1 Å². The molecule has 0 spiro atoms. The Hall–Kier alpha value is -2.58. The number of rotatable bonds is 6. The van der Waals surface area contributed by atoms with Gasteiger partial charge in [0.15, 0.2) is 0 Å². The molecule has 3 atom stereocenters. The fourth-order valence-corrected chi connectivity index (χ4v) is 6.67. The zero-order valence-corrected chi connectivity index (χ0v) is 21.0. The molecule has 8 heteroatoms. The maximum Gasteiger partial charge on any atom is 0.274 e. The number of thiazole rings is 2. The van der Waals surface area contributed by atoms with E-state index in [9.17, 15) is 9.59 Å². The number of aryl methyl sites for hydroxylation is 4. The second kappa shape index (κ2) is 8.65. The number of piperidine rings is 1. The average molecular weight is 481 g/mol. The van der Waals surface area contributed by atoms with Crippen LogP contribution in [0.3, 0.4) is 0 Å². The minimum absolute atomic E-state index is 0.0201. The summed E-state index contributed by atoms with van der Waals surface area (Å²) >= 11 is 3.18. The molecule has 2 amide bonds.